The first-order chi connectivity index (χ1) is 14.0. The molecule has 0 aromatic heterocycles. The predicted molar refractivity (Wildman–Crippen MR) is 113 cm³/mol. The van der Waals surface area contributed by atoms with Gasteiger partial charge in [-0.2, -0.15) is 0 Å². The van der Waals surface area contributed by atoms with E-state index in [4.69, 9.17) is 4.74 Å². The predicted octanol–water partition coefficient (Wildman–Crippen LogP) is 1.37. The number of amides is 2. The summed E-state index contributed by atoms with van der Waals surface area (Å²) in [7, 11) is 4.18. The average Bonchev–Trinajstić information content (AvgIpc) is 2.73. The Morgan fingerprint density at radius 2 is 1.83 bits per heavy atom. The normalized spacial score (nSPS) is 13.2. The van der Waals surface area contributed by atoms with Crippen LogP contribution in [0, 0.1) is 0 Å². The molecule has 1 heterocycles. The summed E-state index contributed by atoms with van der Waals surface area (Å²) in [6, 6.07) is 17.6. The maximum absolute atomic E-state index is 12.9. The van der Waals surface area contributed by atoms with Crippen molar-refractivity contribution in [2.24, 2.45) is 0 Å². The van der Waals surface area contributed by atoms with Crippen LogP contribution in [0.15, 0.2) is 54.6 Å². The third kappa shape index (κ3) is 5.81. The van der Waals surface area contributed by atoms with Crippen LogP contribution >= 0.6 is 0 Å². The number of carbonyl (C=O) groups is 2. The van der Waals surface area contributed by atoms with Crippen LogP contribution in [0.2, 0.25) is 0 Å². The van der Waals surface area contributed by atoms with Gasteiger partial charge in [-0.05, 0) is 24.1 Å². The molecule has 154 valence electrons. The Morgan fingerprint density at radius 1 is 1.10 bits per heavy atom. The third-order valence-electron chi connectivity index (χ3n) is 5.03. The molecule has 0 radical (unpaired) electrons. The van der Waals surface area contributed by atoms with E-state index in [9.17, 15) is 9.59 Å². The van der Waals surface area contributed by atoms with E-state index in [0.717, 1.165) is 30.1 Å². The molecule has 0 saturated heterocycles. The van der Waals surface area contributed by atoms with Gasteiger partial charge in [0, 0.05) is 19.5 Å². The van der Waals surface area contributed by atoms with E-state index < -0.39 is 0 Å². The molecule has 1 N–H and O–H groups in total. The Kier molecular flexibility index (Phi) is 7.25. The zero-order valence-electron chi connectivity index (χ0n) is 17.3. The van der Waals surface area contributed by atoms with Gasteiger partial charge in [-0.25, -0.2) is 0 Å². The molecule has 29 heavy (non-hydrogen) atoms. The van der Waals surface area contributed by atoms with Gasteiger partial charge < -0.3 is 19.4 Å². The number of nitrogens with zero attached hydrogens (tertiary/aromatic N) is 2. The van der Waals surface area contributed by atoms with Gasteiger partial charge in [0.2, 0.25) is 5.91 Å². The van der Waals surface area contributed by atoms with E-state index in [1.54, 1.807) is 4.90 Å². The van der Waals surface area contributed by atoms with Gasteiger partial charge >= 0.3 is 0 Å². The first-order valence-corrected chi connectivity index (χ1v) is 10.2. The number of anilines is 1. The Bertz CT molecular complexity index is 823. The molecule has 0 saturated carbocycles. The van der Waals surface area contributed by atoms with Gasteiger partial charge in [0.15, 0.2) is 6.61 Å². The van der Waals surface area contributed by atoms with Crippen LogP contribution in [-0.2, 0) is 16.1 Å². The molecule has 2 aromatic carbocycles. The molecule has 6 heteroatoms. The highest BCUT2D eigenvalue weighted by atomic mass is 16.5. The van der Waals surface area contributed by atoms with E-state index in [0.29, 0.717) is 25.9 Å². The number of hydrogen-bond donors (Lipinski definition) is 1. The van der Waals surface area contributed by atoms with E-state index in [-0.39, 0.29) is 18.4 Å². The van der Waals surface area contributed by atoms with Crippen LogP contribution in [0.4, 0.5) is 5.69 Å². The summed E-state index contributed by atoms with van der Waals surface area (Å²) in [5.41, 5.74) is 1.92. The quantitative estimate of drug-likeness (QED) is 0.697. The van der Waals surface area contributed by atoms with Crippen LogP contribution in [0.1, 0.15) is 18.4 Å². The zero-order valence-corrected chi connectivity index (χ0v) is 17.3. The number of rotatable bonds is 9. The monoisotopic (exact) mass is 396 g/mol. The van der Waals surface area contributed by atoms with Gasteiger partial charge in [-0.3, -0.25) is 9.59 Å². The highest BCUT2D eigenvalue weighted by Gasteiger charge is 2.25. The van der Waals surface area contributed by atoms with Crippen molar-refractivity contribution >= 4 is 17.5 Å². The molecule has 0 fully saturated rings. The molecule has 2 amide bonds. The SMILES string of the molecule is C[NH+](C)CCN(Cc1ccccc1)C(=O)CCCN1C(=O)COc2ccccc21. The van der Waals surface area contributed by atoms with E-state index in [2.05, 4.69) is 14.1 Å². The highest BCUT2D eigenvalue weighted by Crippen LogP contribution is 2.31. The number of nitrogens with one attached hydrogen (secondary N) is 1. The number of carbonyl (C=O) groups excluding carboxylic acids is 2. The molecule has 3 rings (SSSR count). The maximum atomic E-state index is 12.9. The second-order valence-corrected chi connectivity index (χ2v) is 7.66. The van der Waals surface area contributed by atoms with Gasteiger partial charge in [0.05, 0.1) is 32.9 Å². The minimum atomic E-state index is -0.0616. The van der Waals surface area contributed by atoms with Crippen LogP contribution in [-0.4, -0.2) is 57.1 Å². The van der Waals surface area contributed by atoms with E-state index in [1.807, 2.05) is 59.5 Å². The molecule has 0 bridgehead atoms. The van der Waals surface area contributed by atoms with Crippen LogP contribution in [0.5, 0.6) is 5.75 Å². The number of ether oxygens (including phenoxy) is 1. The van der Waals surface area contributed by atoms with Crippen molar-refractivity contribution < 1.29 is 19.2 Å². The molecule has 0 spiro atoms. The zero-order chi connectivity index (χ0) is 20.6. The average molecular weight is 397 g/mol. The third-order valence-corrected chi connectivity index (χ3v) is 5.03. The fraction of sp³-hybridized carbons (Fsp3) is 0.391. The number of para-hydroxylation sites is 2. The Morgan fingerprint density at radius 3 is 2.59 bits per heavy atom. The highest BCUT2D eigenvalue weighted by molar-refractivity contribution is 5.97. The number of likely N-dealkylation sites (N-methyl/N-ethyl adjacent to an activating group) is 1. The fourth-order valence-corrected chi connectivity index (χ4v) is 3.40. The van der Waals surface area contributed by atoms with E-state index >= 15 is 0 Å². The lowest BCUT2D eigenvalue weighted by atomic mass is 10.1. The molecule has 0 aliphatic carbocycles. The molecular weight excluding hydrogens is 366 g/mol. The topological polar surface area (TPSA) is 54.3 Å². The Hall–Kier alpha value is -2.86. The van der Waals surface area contributed by atoms with Gasteiger partial charge in [0.1, 0.15) is 5.75 Å². The molecule has 1 aliphatic rings. The van der Waals surface area contributed by atoms with Crippen LogP contribution in [0.3, 0.4) is 0 Å². The lowest BCUT2D eigenvalue weighted by Crippen LogP contribution is -3.06. The summed E-state index contributed by atoms with van der Waals surface area (Å²) >= 11 is 0. The summed E-state index contributed by atoms with van der Waals surface area (Å²) < 4.78 is 5.48. The second-order valence-electron chi connectivity index (χ2n) is 7.66. The fourth-order valence-electron chi connectivity index (χ4n) is 3.40. The summed E-state index contributed by atoms with van der Waals surface area (Å²) in [5, 5.41) is 0. The van der Waals surface area contributed by atoms with Crippen molar-refractivity contribution in [2.75, 3.05) is 45.2 Å². The second kappa shape index (κ2) is 10.1. The number of hydrogen-bond acceptors (Lipinski definition) is 3. The van der Waals surface area contributed by atoms with Crippen LogP contribution in [0.25, 0.3) is 0 Å². The van der Waals surface area contributed by atoms with Gasteiger partial charge in [-0.1, -0.05) is 42.5 Å². The number of fused-ring (bicyclic) bond motifs is 1. The van der Waals surface area contributed by atoms with Gasteiger partial charge in [-0.15, -0.1) is 0 Å². The van der Waals surface area contributed by atoms with Crippen molar-refractivity contribution in [3.8, 4) is 5.75 Å². The maximum Gasteiger partial charge on any atom is 0.265 e. The Balaban J connectivity index is 1.58. The Labute approximate surface area is 172 Å². The molecule has 6 nitrogen and oxygen atoms in total. The van der Waals surface area contributed by atoms with Crippen molar-refractivity contribution in [2.45, 2.75) is 19.4 Å². The summed E-state index contributed by atoms with van der Waals surface area (Å²) in [6.07, 6.45) is 1.04. The molecule has 1 aliphatic heterocycles. The van der Waals surface area contributed by atoms with Gasteiger partial charge in [0.25, 0.3) is 5.91 Å². The molecule has 0 atom stereocenters. The van der Waals surface area contributed by atoms with Crippen molar-refractivity contribution in [1.29, 1.82) is 0 Å². The summed E-state index contributed by atoms with van der Waals surface area (Å²) in [4.78, 5) is 30.2. The summed E-state index contributed by atoms with van der Waals surface area (Å²) in [5.74, 6) is 0.788. The van der Waals surface area contributed by atoms with Crippen molar-refractivity contribution in [3.05, 3.63) is 60.2 Å². The van der Waals surface area contributed by atoms with Crippen molar-refractivity contribution in [1.82, 2.24) is 4.90 Å². The lowest BCUT2D eigenvalue weighted by molar-refractivity contribution is -0.857. The van der Waals surface area contributed by atoms with E-state index in [1.165, 1.54) is 4.90 Å². The minimum absolute atomic E-state index is 0.0523. The smallest absolute Gasteiger partial charge is 0.265 e. The first kappa shape index (κ1) is 20.9. The minimum Gasteiger partial charge on any atom is -0.482 e. The molecule has 2 aromatic rings. The standard InChI is InChI=1S/C23H29N3O3/c1-24(2)15-16-25(17-19-9-4-3-5-10-19)22(27)13-8-14-26-20-11-6-7-12-21(20)29-18-23(26)28/h3-7,9-12H,8,13-18H2,1-2H3/p+1. The number of benzene rings is 2. The molecular formula is C23H30N3O3+. The number of quaternary nitrogens is 1. The lowest BCUT2D eigenvalue weighted by Gasteiger charge is -2.29. The summed E-state index contributed by atoms with van der Waals surface area (Å²) in [6.45, 7) is 2.80. The van der Waals surface area contributed by atoms with Crippen LogP contribution < -0.4 is 14.5 Å². The molecule has 0 unspecified atom stereocenters. The largest absolute Gasteiger partial charge is 0.482 e. The first-order valence-electron chi connectivity index (χ1n) is 10.2. The van der Waals surface area contributed by atoms with Crippen molar-refractivity contribution in [3.63, 3.8) is 0 Å².